The second-order valence-corrected chi connectivity index (χ2v) is 6.60. The van der Waals surface area contributed by atoms with Crippen LogP contribution in [0.2, 0.25) is 5.02 Å². The van der Waals surface area contributed by atoms with Gasteiger partial charge in [0.2, 0.25) is 0 Å². The van der Waals surface area contributed by atoms with Crippen LogP contribution in [0.1, 0.15) is 23.1 Å². The van der Waals surface area contributed by atoms with Crippen LogP contribution < -0.4 is 10.4 Å². The molecule has 0 saturated carbocycles. The number of hydrogen-bond acceptors (Lipinski definition) is 5. The molecule has 6 heteroatoms. The number of fused-ring (bicyclic) bond motifs is 1. The Morgan fingerprint density at radius 3 is 2.59 bits per heavy atom. The molecular weight excluding hydrogens is 368 g/mol. The number of halogens is 1. The van der Waals surface area contributed by atoms with E-state index in [4.69, 9.17) is 25.5 Å². The van der Waals surface area contributed by atoms with Gasteiger partial charge in [-0.15, -0.1) is 0 Å². The molecule has 140 valence electrons. The van der Waals surface area contributed by atoms with Crippen molar-refractivity contribution < 1.29 is 18.7 Å². The van der Waals surface area contributed by atoms with Gasteiger partial charge < -0.3 is 13.9 Å². The number of ether oxygens (including phenoxy) is 2. The van der Waals surface area contributed by atoms with Crippen LogP contribution in [0.4, 0.5) is 0 Å². The van der Waals surface area contributed by atoms with Gasteiger partial charge in [0.05, 0.1) is 7.11 Å². The first-order valence-electron chi connectivity index (χ1n) is 8.47. The normalized spacial score (nSPS) is 10.8. The van der Waals surface area contributed by atoms with E-state index in [-0.39, 0.29) is 19.0 Å². The lowest BCUT2D eigenvalue weighted by atomic mass is 10.1. The zero-order valence-electron chi connectivity index (χ0n) is 15.1. The highest BCUT2D eigenvalue weighted by Gasteiger charge is 2.11. The van der Waals surface area contributed by atoms with E-state index in [0.29, 0.717) is 28.0 Å². The lowest BCUT2D eigenvalue weighted by molar-refractivity contribution is -0.144. The van der Waals surface area contributed by atoms with E-state index in [1.807, 2.05) is 31.2 Å². The molecular formula is C21H19ClO5. The van der Waals surface area contributed by atoms with Gasteiger partial charge in [0.25, 0.3) is 0 Å². The van der Waals surface area contributed by atoms with Crippen LogP contribution >= 0.6 is 11.6 Å². The maximum atomic E-state index is 12.1. The molecule has 0 aliphatic heterocycles. The molecule has 0 amide bonds. The molecule has 0 unspecified atom stereocenters. The summed E-state index contributed by atoms with van der Waals surface area (Å²) in [7, 11) is 1.61. The van der Waals surface area contributed by atoms with Gasteiger partial charge in [-0.1, -0.05) is 23.7 Å². The number of benzene rings is 2. The summed E-state index contributed by atoms with van der Waals surface area (Å²) >= 11 is 6.16. The summed E-state index contributed by atoms with van der Waals surface area (Å²) in [6, 6.07) is 12.3. The first-order valence-corrected chi connectivity index (χ1v) is 8.85. The van der Waals surface area contributed by atoms with Gasteiger partial charge in [0, 0.05) is 28.5 Å². The highest BCUT2D eigenvalue weighted by Crippen LogP contribution is 2.25. The van der Waals surface area contributed by atoms with Crippen LogP contribution in [0, 0.1) is 6.92 Å². The first kappa shape index (κ1) is 19.0. The minimum absolute atomic E-state index is 0.0110. The average molecular weight is 387 g/mol. The summed E-state index contributed by atoms with van der Waals surface area (Å²) in [5.74, 6) is 0.426. The Bertz CT molecular complexity index is 1020. The number of carbonyl (C=O) groups is 1. The van der Waals surface area contributed by atoms with Gasteiger partial charge in [0.1, 0.15) is 17.9 Å². The van der Waals surface area contributed by atoms with Crippen LogP contribution in [-0.4, -0.2) is 13.1 Å². The zero-order chi connectivity index (χ0) is 19.4. The monoisotopic (exact) mass is 386 g/mol. The highest BCUT2D eigenvalue weighted by atomic mass is 35.5. The minimum atomic E-state index is -0.492. The standard InChI is InChI=1S/C21H19ClO5/c1-13-9-19-17(11-18(13)22)15(10-21(24)27-19)12-26-20(23)8-5-14-3-6-16(25-2)7-4-14/h3-4,6-7,9-11H,5,8,12H2,1-2H3. The summed E-state index contributed by atoms with van der Waals surface area (Å²) < 4.78 is 15.7. The number of methoxy groups -OCH3 is 1. The van der Waals surface area contributed by atoms with Crippen molar-refractivity contribution in [3.63, 3.8) is 0 Å². The van der Waals surface area contributed by atoms with Crippen LogP contribution in [0.3, 0.4) is 0 Å². The fourth-order valence-electron chi connectivity index (χ4n) is 2.74. The quantitative estimate of drug-likeness (QED) is 0.463. The Labute approximate surface area is 161 Å². The molecule has 0 aliphatic rings. The van der Waals surface area contributed by atoms with Gasteiger partial charge in [-0.05, 0) is 48.7 Å². The Balaban J connectivity index is 1.66. The Morgan fingerprint density at radius 2 is 1.89 bits per heavy atom. The van der Waals surface area contributed by atoms with Crippen LogP contribution in [0.5, 0.6) is 5.75 Å². The molecule has 2 aromatic carbocycles. The topological polar surface area (TPSA) is 65.7 Å². The largest absolute Gasteiger partial charge is 0.497 e. The molecule has 0 saturated heterocycles. The molecule has 0 radical (unpaired) electrons. The molecule has 0 atom stereocenters. The third-order valence-corrected chi connectivity index (χ3v) is 4.68. The molecule has 5 nitrogen and oxygen atoms in total. The number of hydrogen-bond donors (Lipinski definition) is 0. The predicted octanol–water partition coefficient (Wildman–Crippen LogP) is 4.44. The highest BCUT2D eigenvalue weighted by molar-refractivity contribution is 6.32. The van der Waals surface area contributed by atoms with Gasteiger partial charge in [-0.25, -0.2) is 4.79 Å². The molecule has 0 aliphatic carbocycles. The van der Waals surface area contributed by atoms with Crippen molar-refractivity contribution in [2.24, 2.45) is 0 Å². The summed E-state index contributed by atoms with van der Waals surface area (Å²) in [6.07, 6.45) is 0.803. The maximum Gasteiger partial charge on any atom is 0.336 e. The lowest BCUT2D eigenvalue weighted by Gasteiger charge is -2.09. The number of rotatable bonds is 6. The summed E-state index contributed by atoms with van der Waals surface area (Å²) in [5.41, 5.74) is 2.32. The average Bonchev–Trinajstić information content (AvgIpc) is 2.66. The van der Waals surface area contributed by atoms with E-state index in [9.17, 15) is 9.59 Å². The molecule has 1 heterocycles. The second-order valence-electron chi connectivity index (χ2n) is 6.20. The molecule has 0 spiro atoms. The van der Waals surface area contributed by atoms with Crippen LogP contribution in [0.25, 0.3) is 11.0 Å². The van der Waals surface area contributed by atoms with Crippen molar-refractivity contribution in [3.05, 3.63) is 74.6 Å². The predicted molar refractivity (Wildman–Crippen MR) is 103 cm³/mol. The van der Waals surface area contributed by atoms with Crippen LogP contribution in [-0.2, 0) is 22.6 Å². The van der Waals surface area contributed by atoms with Gasteiger partial charge >= 0.3 is 11.6 Å². The Hall–Kier alpha value is -2.79. The Morgan fingerprint density at radius 1 is 1.15 bits per heavy atom. The van der Waals surface area contributed by atoms with E-state index < -0.39 is 5.63 Å². The van der Waals surface area contributed by atoms with Crippen molar-refractivity contribution in [1.29, 1.82) is 0 Å². The molecule has 0 N–H and O–H groups in total. The van der Waals surface area contributed by atoms with Gasteiger partial charge in [-0.2, -0.15) is 0 Å². The van der Waals surface area contributed by atoms with Crippen molar-refractivity contribution in [3.8, 4) is 5.75 Å². The van der Waals surface area contributed by atoms with E-state index in [1.165, 1.54) is 6.07 Å². The van der Waals surface area contributed by atoms with Crippen molar-refractivity contribution in [1.82, 2.24) is 0 Å². The third kappa shape index (κ3) is 4.68. The maximum absolute atomic E-state index is 12.1. The lowest BCUT2D eigenvalue weighted by Crippen LogP contribution is -2.08. The van der Waals surface area contributed by atoms with E-state index in [2.05, 4.69) is 0 Å². The molecule has 0 fully saturated rings. The fraction of sp³-hybridized carbons (Fsp3) is 0.238. The van der Waals surface area contributed by atoms with Crippen molar-refractivity contribution >= 4 is 28.5 Å². The SMILES string of the molecule is COc1ccc(CCC(=O)OCc2cc(=O)oc3cc(C)c(Cl)cc23)cc1. The fourth-order valence-corrected chi connectivity index (χ4v) is 2.90. The zero-order valence-corrected chi connectivity index (χ0v) is 15.8. The summed E-state index contributed by atoms with van der Waals surface area (Å²) in [5, 5.41) is 1.22. The smallest absolute Gasteiger partial charge is 0.336 e. The van der Waals surface area contributed by atoms with Gasteiger partial charge in [-0.3, -0.25) is 4.79 Å². The van der Waals surface area contributed by atoms with Crippen molar-refractivity contribution in [2.45, 2.75) is 26.4 Å². The summed E-state index contributed by atoms with van der Waals surface area (Å²) in [4.78, 5) is 23.8. The molecule has 27 heavy (non-hydrogen) atoms. The molecule has 0 bridgehead atoms. The van der Waals surface area contributed by atoms with Crippen LogP contribution in [0.15, 0.2) is 51.7 Å². The van der Waals surface area contributed by atoms with Gasteiger partial charge in [0.15, 0.2) is 0 Å². The first-order chi connectivity index (χ1) is 13.0. The Kier molecular flexibility index (Phi) is 5.81. The number of esters is 1. The molecule has 3 rings (SSSR count). The number of carbonyl (C=O) groups excluding carboxylic acids is 1. The van der Waals surface area contributed by atoms with E-state index in [1.54, 1.807) is 19.2 Å². The second kappa shape index (κ2) is 8.27. The summed E-state index contributed by atoms with van der Waals surface area (Å²) in [6.45, 7) is 1.82. The number of aryl methyl sites for hydroxylation is 2. The molecule has 1 aromatic heterocycles. The molecule has 3 aromatic rings. The van der Waals surface area contributed by atoms with E-state index in [0.717, 1.165) is 16.9 Å². The minimum Gasteiger partial charge on any atom is -0.497 e. The van der Waals surface area contributed by atoms with Crippen molar-refractivity contribution in [2.75, 3.05) is 7.11 Å². The third-order valence-electron chi connectivity index (χ3n) is 4.27. The van der Waals surface area contributed by atoms with E-state index >= 15 is 0 Å².